The maximum atomic E-state index is 13.4. The Hall–Kier alpha value is -3.20. The molecular weight excluding hydrogens is 498 g/mol. The molecule has 0 saturated carbocycles. The highest BCUT2D eigenvalue weighted by molar-refractivity contribution is 7.89. The number of anilines is 1. The lowest BCUT2D eigenvalue weighted by Gasteiger charge is -2.28. The van der Waals surface area contributed by atoms with Crippen LogP contribution in [0.4, 0.5) is 5.69 Å². The minimum atomic E-state index is -3.91. The van der Waals surface area contributed by atoms with E-state index < -0.39 is 15.9 Å². The van der Waals surface area contributed by atoms with Crippen molar-refractivity contribution in [3.63, 3.8) is 0 Å². The van der Waals surface area contributed by atoms with Gasteiger partial charge in [0.25, 0.3) is 11.8 Å². The third-order valence-electron chi connectivity index (χ3n) is 6.35. The van der Waals surface area contributed by atoms with Gasteiger partial charge in [0.2, 0.25) is 10.0 Å². The Morgan fingerprint density at radius 2 is 1.58 bits per heavy atom. The molecule has 1 heterocycles. The summed E-state index contributed by atoms with van der Waals surface area (Å²) in [4.78, 5) is 27.0. The van der Waals surface area contributed by atoms with Crippen molar-refractivity contribution in [1.82, 2.24) is 9.21 Å². The molecule has 0 unspecified atom stereocenters. The topological polar surface area (TPSA) is 86.8 Å². The van der Waals surface area contributed by atoms with Gasteiger partial charge in [-0.15, -0.1) is 0 Å². The van der Waals surface area contributed by atoms with Crippen molar-refractivity contribution in [3.05, 3.63) is 94.0 Å². The predicted molar refractivity (Wildman–Crippen MR) is 141 cm³/mol. The van der Waals surface area contributed by atoms with Crippen LogP contribution >= 0.6 is 11.6 Å². The Balaban J connectivity index is 1.52. The zero-order valence-corrected chi connectivity index (χ0v) is 21.8. The number of hydrogen-bond donors (Lipinski definition) is 1. The zero-order valence-electron chi connectivity index (χ0n) is 20.2. The van der Waals surface area contributed by atoms with Gasteiger partial charge in [-0.05, 0) is 73.9 Å². The molecule has 0 aromatic heterocycles. The number of nitrogens with one attached hydrogen (secondary N) is 1. The first-order valence-electron chi connectivity index (χ1n) is 11.8. The number of carbonyl (C=O) groups excluding carboxylic acids is 2. The van der Waals surface area contributed by atoms with Crippen molar-refractivity contribution in [2.75, 3.05) is 25.0 Å². The van der Waals surface area contributed by atoms with Crippen LogP contribution in [0.5, 0.6) is 0 Å². The monoisotopic (exact) mass is 525 g/mol. The average molecular weight is 526 g/mol. The fraction of sp³-hybridized carbons (Fsp3) is 0.259. The molecule has 0 saturated heterocycles. The van der Waals surface area contributed by atoms with Gasteiger partial charge in [0, 0.05) is 43.0 Å². The Morgan fingerprint density at radius 1 is 0.944 bits per heavy atom. The van der Waals surface area contributed by atoms with Gasteiger partial charge in [0.15, 0.2) is 0 Å². The highest BCUT2D eigenvalue weighted by Gasteiger charge is 2.30. The molecule has 3 aromatic carbocycles. The van der Waals surface area contributed by atoms with Crippen LogP contribution in [0.3, 0.4) is 0 Å². The van der Waals surface area contributed by atoms with E-state index >= 15 is 0 Å². The maximum Gasteiger partial charge on any atom is 0.255 e. The van der Waals surface area contributed by atoms with Gasteiger partial charge < -0.3 is 10.2 Å². The second-order valence-corrected chi connectivity index (χ2v) is 10.8. The SMILES string of the molecule is CCN(CC)C(=O)c1ccc(NC(=O)c2ccc(Cl)c(S(=O)(=O)N3CCc4ccccc4C3)c2)cc1. The van der Waals surface area contributed by atoms with E-state index in [0.717, 1.165) is 11.1 Å². The Bertz CT molecular complexity index is 1390. The van der Waals surface area contributed by atoms with E-state index in [1.807, 2.05) is 38.1 Å². The van der Waals surface area contributed by atoms with Crippen LogP contribution < -0.4 is 5.32 Å². The summed E-state index contributed by atoms with van der Waals surface area (Å²) in [5, 5.41) is 2.82. The number of nitrogens with zero attached hydrogens (tertiary/aromatic N) is 2. The number of amides is 2. The summed E-state index contributed by atoms with van der Waals surface area (Å²) >= 11 is 6.29. The summed E-state index contributed by atoms with van der Waals surface area (Å²) in [7, 11) is -3.91. The summed E-state index contributed by atoms with van der Waals surface area (Å²) in [5.41, 5.74) is 3.27. The lowest BCUT2D eigenvalue weighted by atomic mass is 10.0. The predicted octanol–water partition coefficient (Wildman–Crippen LogP) is 4.82. The summed E-state index contributed by atoms with van der Waals surface area (Å²) in [6, 6.07) is 18.6. The summed E-state index contributed by atoms with van der Waals surface area (Å²) in [6.07, 6.45) is 0.611. The van der Waals surface area contributed by atoms with Gasteiger partial charge in [-0.25, -0.2) is 8.42 Å². The van der Waals surface area contributed by atoms with Gasteiger partial charge in [0.1, 0.15) is 4.90 Å². The molecule has 0 bridgehead atoms. The van der Waals surface area contributed by atoms with Crippen molar-refractivity contribution < 1.29 is 18.0 Å². The van der Waals surface area contributed by atoms with E-state index in [4.69, 9.17) is 11.6 Å². The number of rotatable bonds is 7. The smallest absolute Gasteiger partial charge is 0.255 e. The van der Waals surface area contributed by atoms with Crippen LogP contribution in [0.1, 0.15) is 45.7 Å². The van der Waals surface area contributed by atoms with Crippen molar-refractivity contribution >= 4 is 39.1 Å². The zero-order chi connectivity index (χ0) is 25.9. The fourth-order valence-corrected chi connectivity index (χ4v) is 6.17. The molecule has 36 heavy (non-hydrogen) atoms. The standard InChI is InChI=1S/C27H28ClN3O4S/c1-3-30(4-2)27(33)20-9-12-23(13-10-20)29-26(32)21-11-14-24(28)25(17-21)36(34,35)31-16-15-19-7-5-6-8-22(19)18-31/h5-14,17H,3-4,15-16,18H2,1-2H3,(H,29,32). The van der Waals surface area contributed by atoms with E-state index in [2.05, 4.69) is 5.32 Å². The molecule has 0 radical (unpaired) electrons. The Kier molecular flexibility index (Phi) is 7.78. The van der Waals surface area contributed by atoms with E-state index in [1.165, 1.54) is 22.5 Å². The molecule has 1 N–H and O–H groups in total. The van der Waals surface area contributed by atoms with Crippen LogP contribution in [0.15, 0.2) is 71.6 Å². The number of sulfonamides is 1. The molecule has 188 valence electrons. The highest BCUT2D eigenvalue weighted by atomic mass is 35.5. The quantitative estimate of drug-likeness (QED) is 0.479. The van der Waals surface area contributed by atoms with Crippen molar-refractivity contribution in [2.24, 2.45) is 0 Å². The third kappa shape index (κ3) is 5.31. The molecule has 0 aliphatic carbocycles. The van der Waals surface area contributed by atoms with Crippen molar-refractivity contribution in [1.29, 1.82) is 0 Å². The van der Waals surface area contributed by atoms with Gasteiger partial charge >= 0.3 is 0 Å². The first-order valence-corrected chi connectivity index (χ1v) is 13.6. The molecule has 4 rings (SSSR count). The normalized spacial score (nSPS) is 13.6. The number of benzene rings is 3. The second kappa shape index (κ2) is 10.8. The average Bonchev–Trinajstić information content (AvgIpc) is 2.89. The molecule has 7 nitrogen and oxygen atoms in total. The lowest BCUT2D eigenvalue weighted by Crippen LogP contribution is -2.36. The molecule has 2 amide bonds. The molecule has 3 aromatic rings. The summed E-state index contributed by atoms with van der Waals surface area (Å²) < 4.78 is 28.3. The molecule has 0 spiro atoms. The van der Waals surface area contributed by atoms with E-state index in [1.54, 1.807) is 29.2 Å². The maximum absolute atomic E-state index is 13.4. The molecule has 1 aliphatic heterocycles. The van der Waals surface area contributed by atoms with Gasteiger partial charge in [-0.2, -0.15) is 4.31 Å². The highest BCUT2D eigenvalue weighted by Crippen LogP contribution is 2.30. The van der Waals surface area contributed by atoms with Gasteiger partial charge in [0.05, 0.1) is 5.02 Å². The minimum Gasteiger partial charge on any atom is -0.339 e. The largest absolute Gasteiger partial charge is 0.339 e. The summed E-state index contributed by atoms with van der Waals surface area (Å²) in [5.74, 6) is -0.555. The van der Waals surface area contributed by atoms with Gasteiger partial charge in [-0.3, -0.25) is 9.59 Å². The first kappa shape index (κ1) is 25.9. The van der Waals surface area contributed by atoms with Crippen LogP contribution in [-0.4, -0.2) is 49.1 Å². The molecule has 1 aliphatic rings. The number of carbonyl (C=O) groups is 2. The van der Waals surface area contributed by atoms with Crippen LogP contribution in [0.25, 0.3) is 0 Å². The van der Waals surface area contributed by atoms with Crippen LogP contribution in [0, 0.1) is 0 Å². The number of fused-ring (bicyclic) bond motifs is 1. The Morgan fingerprint density at radius 3 is 2.25 bits per heavy atom. The second-order valence-electron chi connectivity index (χ2n) is 8.51. The Labute approximate surface area is 216 Å². The van der Waals surface area contributed by atoms with Crippen LogP contribution in [-0.2, 0) is 23.0 Å². The third-order valence-corrected chi connectivity index (χ3v) is 8.67. The number of halogens is 1. The summed E-state index contributed by atoms with van der Waals surface area (Å²) in [6.45, 7) is 5.65. The molecular formula is C27H28ClN3O4S. The van der Waals surface area contributed by atoms with Crippen LogP contribution in [0.2, 0.25) is 5.02 Å². The fourth-order valence-electron chi connectivity index (χ4n) is 4.25. The first-order chi connectivity index (χ1) is 17.2. The van der Waals surface area contributed by atoms with E-state index in [9.17, 15) is 18.0 Å². The van der Waals surface area contributed by atoms with Crippen molar-refractivity contribution in [3.8, 4) is 0 Å². The lowest BCUT2D eigenvalue weighted by molar-refractivity contribution is 0.0773. The molecule has 0 fully saturated rings. The molecule has 0 atom stereocenters. The van der Waals surface area contributed by atoms with E-state index in [-0.39, 0.29) is 27.9 Å². The van der Waals surface area contributed by atoms with E-state index in [0.29, 0.717) is 37.3 Å². The van der Waals surface area contributed by atoms with Gasteiger partial charge in [-0.1, -0.05) is 35.9 Å². The van der Waals surface area contributed by atoms with Crippen molar-refractivity contribution in [2.45, 2.75) is 31.7 Å². The number of hydrogen-bond acceptors (Lipinski definition) is 4. The minimum absolute atomic E-state index is 0.0599. The molecule has 9 heteroatoms.